The molecule has 0 bridgehead atoms. The fourth-order valence-electron chi connectivity index (χ4n) is 1.04. The maximum Gasteiger partial charge on any atom is 0.153 e. The van der Waals surface area contributed by atoms with Gasteiger partial charge < -0.3 is 14.2 Å². The molecule has 0 saturated carbocycles. The average Bonchev–Trinajstić information content (AvgIpc) is 2.36. The predicted octanol–water partition coefficient (Wildman–Crippen LogP) is 1.88. The molecule has 0 rings (SSSR count). The van der Waals surface area contributed by atoms with Crippen LogP contribution in [0.15, 0.2) is 36.6 Å². The fraction of sp³-hybridized carbons (Fsp3) is 0.462. The van der Waals surface area contributed by atoms with Gasteiger partial charge >= 0.3 is 0 Å². The van der Waals surface area contributed by atoms with Gasteiger partial charge in [0.15, 0.2) is 6.29 Å². The lowest BCUT2D eigenvalue weighted by Gasteiger charge is -2.09. The van der Waals surface area contributed by atoms with Gasteiger partial charge in [-0.15, -0.1) is 0 Å². The van der Waals surface area contributed by atoms with Crippen molar-refractivity contribution < 1.29 is 19.0 Å². The number of allylic oxidation sites excluding steroid dienone is 3. The molecule has 0 aliphatic carbocycles. The van der Waals surface area contributed by atoms with Crippen molar-refractivity contribution in [1.82, 2.24) is 0 Å². The van der Waals surface area contributed by atoms with Crippen molar-refractivity contribution in [3.8, 4) is 0 Å². The van der Waals surface area contributed by atoms with E-state index in [0.717, 1.165) is 0 Å². The van der Waals surface area contributed by atoms with Crippen LogP contribution in [0.25, 0.3) is 0 Å². The van der Waals surface area contributed by atoms with Crippen molar-refractivity contribution in [3.05, 3.63) is 36.6 Å². The van der Waals surface area contributed by atoms with Crippen molar-refractivity contribution >= 4 is 6.29 Å². The fourth-order valence-corrected chi connectivity index (χ4v) is 1.04. The SMILES string of the molecule is C=C/C(C=O)=C(\C=C)OCCOCCOCC. The highest BCUT2D eigenvalue weighted by molar-refractivity contribution is 5.78. The lowest BCUT2D eigenvalue weighted by molar-refractivity contribution is -0.104. The number of carbonyl (C=O) groups is 1. The van der Waals surface area contributed by atoms with Crippen LogP contribution in [-0.2, 0) is 19.0 Å². The molecule has 4 heteroatoms. The summed E-state index contributed by atoms with van der Waals surface area (Å²) in [5.41, 5.74) is 0.384. The van der Waals surface area contributed by atoms with Gasteiger partial charge in [-0.1, -0.05) is 19.2 Å². The molecule has 0 aromatic carbocycles. The van der Waals surface area contributed by atoms with Crippen molar-refractivity contribution in [2.24, 2.45) is 0 Å². The van der Waals surface area contributed by atoms with E-state index in [1.54, 1.807) is 0 Å². The molecule has 0 saturated heterocycles. The molecular formula is C13H20O4. The number of aldehydes is 1. The van der Waals surface area contributed by atoms with Crippen molar-refractivity contribution in [3.63, 3.8) is 0 Å². The monoisotopic (exact) mass is 240 g/mol. The van der Waals surface area contributed by atoms with Crippen LogP contribution in [0, 0.1) is 0 Å². The molecule has 96 valence electrons. The van der Waals surface area contributed by atoms with Crippen LogP contribution in [-0.4, -0.2) is 39.3 Å². The first-order valence-corrected chi connectivity index (χ1v) is 5.52. The number of hydrogen-bond donors (Lipinski definition) is 0. The molecule has 0 unspecified atom stereocenters. The van der Waals surface area contributed by atoms with Crippen LogP contribution in [0.4, 0.5) is 0 Å². The Labute approximate surface area is 103 Å². The molecule has 0 aromatic heterocycles. The zero-order chi connectivity index (χ0) is 12.9. The maximum absolute atomic E-state index is 10.6. The number of carbonyl (C=O) groups excluding carboxylic acids is 1. The van der Waals surface area contributed by atoms with Crippen LogP contribution in [0.1, 0.15) is 6.92 Å². The third-order valence-electron chi connectivity index (χ3n) is 1.88. The summed E-state index contributed by atoms with van der Waals surface area (Å²) in [5.74, 6) is 0.420. The molecule has 0 radical (unpaired) electrons. The maximum atomic E-state index is 10.6. The summed E-state index contributed by atoms with van der Waals surface area (Å²) in [5, 5.41) is 0. The Morgan fingerprint density at radius 1 is 1.06 bits per heavy atom. The van der Waals surface area contributed by atoms with Crippen molar-refractivity contribution in [2.45, 2.75) is 6.92 Å². The van der Waals surface area contributed by atoms with E-state index >= 15 is 0 Å². The van der Waals surface area contributed by atoms with E-state index in [9.17, 15) is 4.79 Å². The number of rotatable bonds is 11. The lowest BCUT2D eigenvalue weighted by atomic mass is 10.2. The smallest absolute Gasteiger partial charge is 0.153 e. The number of hydrogen-bond acceptors (Lipinski definition) is 4. The molecule has 0 atom stereocenters. The van der Waals surface area contributed by atoms with Gasteiger partial charge in [0.05, 0.1) is 25.4 Å². The van der Waals surface area contributed by atoms with Crippen molar-refractivity contribution in [1.29, 1.82) is 0 Å². The van der Waals surface area contributed by atoms with E-state index in [1.807, 2.05) is 6.92 Å². The zero-order valence-corrected chi connectivity index (χ0v) is 10.3. The second-order valence-corrected chi connectivity index (χ2v) is 3.00. The van der Waals surface area contributed by atoms with E-state index < -0.39 is 0 Å². The normalized spacial score (nSPS) is 11.6. The molecule has 0 aliphatic heterocycles. The minimum absolute atomic E-state index is 0.360. The van der Waals surface area contributed by atoms with E-state index in [2.05, 4.69) is 13.2 Å². The summed E-state index contributed by atoms with van der Waals surface area (Å²) in [6.07, 6.45) is 3.59. The zero-order valence-electron chi connectivity index (χ0n) is 10.3. The third kappa shape index (κ3) is 7.49. The first kappa shape index (κ1) is 15.6. The van der Waals surface area contributed by atoms with Crippen LogP contribution in [0.3, 0.4) is 0 Å². The van der Waals surface area contributed by atoms with Gasteiger partial charge in [-0.25, -0.2) is 0 Å². The van der Waals surface area contributed by atoms with E-state index in [0.29, 0.717) is 50.7 Å². The van der Waals surface area contributed by atoms with Gasteiger partial charge in [0.25, 0.3) is 0 Å². The van der Waals surface area contributed by atoms with E-state index in [4.69, 9.17) is 14.2 Å². The quantitative estimate of drug-likeness (QED) is 0.182. The molecule has 4 nitrogen and oxygen atoms in total. The summed E-state index contributed by atoms with van der Waals surface area (Å²) in [4.78, 5) is 10.6. The van der Waals surface area contributed by atoms with Gasteiger partial charge in [-0.05, 0) is 13.0 Å². The van der Waals surface area contributed by atoms with Gasteiger partial charge in [0.2, 0.25) is 0 Å². The summed E-state index contributed by atoms with van der Waals surface area (Å²) >= 11 is 0. The second-order valence-electron chi connectivity index (χ2n) is 3.00. The molecule has 0 heterocycles. The predicted molar refractivity (Wildman–Crippen MR) is 66.7 cm³/mol. The summed E-state index contributed by atoms with van der Waals surface area (Å²) in [6, 6.07) is 0. The van der Waals surface area contributed by atoms with E-state index in [1.165, 1.54) is 12.2 Å². The van der Waals surface area contributed by atoms with Crippen LogP contribution < -0.4 is 0 Å². The van der Waals surface area contributed by atoms with Crippen LogP contribution >= 0.6 is 0 Å². The minimum atomic E-state index is 0.360. The molecule has 0 spiro atoms. The molecule has 0 amide bonds. The molecule has 0 aromatic rings. The standard InChI is InChI=1S/C13H20O4/c1-4-12(11-14)13(5-2)17-10-9-16-8-7-15-6-3/h4-5,11H,1-2,6-10H2,3H3/b13-12-. The minimum Gasteiger partial charge on any atom is -0.490 e. The Balaban J connectivity index is 3.78. The summed E-state index contributed by atoms with van der Waals surface area (Å²) in [7, 11) is 0. The second kappa shape index (κ2) is 11.1. The summed E-state index contributed by atoms with van der Waals surface area (Å²) in [6.45, 7) is 11.6. The first-order chi connectivity index (χ1) is 8.29. The Morgan fingerprint density at radius 3 is 2.24 bits per heavy atom. The summed E-state index contributed by atoms with van der Waals surface area (Å²) < 4.78 is 15.7. The first-order valence-electron chi connectivity index (χ1n) is 5.52. The van der Waals surface area contributed by atoms with Gasteiger partial charge in [-0.2, -0.15) is 0 Å². The number of ether oxygens (including phenoxy) is 3. The lowest BCUT2D eigenvalue weighted by Crippen LogP contribution is -2.09. The molecule has 0 fully saturated rings. The van der Waals surface area contributed by atoms with Gasteiger partial charge in [-0.3, -0.25) is 4.79 Å². The Bertz CT molecular complexity index is 259. The highest BCUT2D eigenvalue weighted by atomic mass is 16.5. The highest BCUT2D eigenvalue weighted by Gasteiger charge is 2.00. The van der Waals surface area contributed by atoms with E-state index in [-0.39, 0.29) is 0 Å². The largest absolute Gasteiger partial charge is 0.490 e. The molecular weight excluding hydrogens is 220 g/mol. The van der Waals surface area contributed by atoms with Gasteiger partial charge in [0.1, 0.15) is 12.4 Å². The Kier molecular flexibility index (Phi) is 10.2. The van der Waals surface area contributed by atoms with Crippen molar-refractivity contribution in [2.75, 3.05) is 33.0 Å². The van der Waals surface area contributed by atoms with Crippen LogP contribution in [0.2, 0.25) is 0 Å². The van der Waals surface area contributed by atoms with Gasteiger partial charge in [0, 0.05) is 6.61 Å². The molecule has 17 heavy (non-hydrogen) atoms. The molecule has 0 aliphatic rings. The third-order valence-corrected chi connectivity index (χ3v) is 1.88. The topological polar surface area (TPSA) is 44.8 Å². The Hall–Kier alpha value is -1.39. The Morgan fingerprint density at radius 2 is 1.71 bits per heavy atom. The highest BCUT2D eigenvalue weighted by Crippen LogP contribution is 2.06. The van der Waals surface area contributed by atoms with Crippen LogP contribution in [0.5, 0.6) is 0 Å². The molecule has 0 N–H and O–H groups in total. The average molecular weight is 240 g/mol.